The van der Waals surface area contributed by atoms with Crippen molar-refractivity contribution in [1.29, 1.82) is 0 Å². The van der Waals surface area contributed by atoms with Crippen molar-refractivity contribution < 1.29 is 13.9 Å². The number of hydrogen-bond acceptors (Lipinski definition) is 10. The van der Waals surface area contributed by atoms with Gasteiger partial charge in [0.15, 0.2) is 10.8 Å². The van der Waals surface area contributed by atoms with Crippen molar-refractivity contribution >= 4 is 72.8 Å². The summed E-state index contributed by atoms with van der Waals surface area (Å²) in [5.41, 5.74) is 6.13. The Hall–Kier alpha value is -3.59. The molecule has 4 heterocycles. The molecular weight excluding hydrogens is 609 g/mol. The minimum absolute atomic E-state index is 0.313. The average molecular weight is 631 g/mol. The number of thiazole rings is 1. The van der Waals surface area contributed by atoms with Crippen molar-refractivity contribution in [1.82, 2.24) is 24.7 Å². The van der Waals surface area contributed by atoms with Gasteiger partial charge >= 0.3 is 11.7 Å². The zero-order chi connectivity index (χ0) is 26.5. The first kappa shape index (κ1) is 25.1. The van der Waals surface area contributed by atoms with E-state index in [1.165, 1.54) is 17.7 Å². The van der Waals surface area contributed by atoms with Crippen molar-refractivity contribution in [2.45, 2.75) is 39.3 Å². The maximum absolute atomic E-state index is 13.0. The molecule has 1 amide bonds. The first-order valence-electron chi connectivity index (χ1n) is 11.2. The molecule has 1 aromatic carbocycles. The first-order chi connectivity index (χ1) is 17.5. The van der Waals surface area contributed by atoms with Crippen LogP contribution in [0.25, 0.3) is 32.2 Å². The van der Waals surface area contributed by atoms with Gasteiger partial charge in [0.25, 0.3) is 0 Å². The second-order valence-electron chi connectivity index (χ2n) is 9.20. The number of carbonyl (C=O) groups is 1. The van der Waals surface area contributed by atoms with E-state index in [4.69, 9.17) is 14.9 Å². The summed E-state index contributed by atoms with van der Waals surface area (Å²) in [4.78, 5) is 38.8. The molecule has 37 heavy (non-hydrogen) atoms. The number of anilines is 2. The monoisotopic (exact) mass is 631 g/mol. The molecule has 0 aliphatic carbocycles. The van der Waals surface area contributed by atoms with E-state index in [-0.39, 0.29) is 0 Å². The summed E-state index contributed by atoms with van der Waals surface area (Å²) in [7, 11) is 0. The molecule has 0 saturated heterocycles. The highest BCUT2D eigenvalue weighted by Gasteiger charge is 2.27. The predicted octanol–water partition coefficient (Wildman–Crippen LogP) is 5.20. The number of nitrogens with two attached hydrogens (primary N) is 1. The number of benzene rings is 1. The van der Waals surface area contributed by atoms with Crippen molar-refractivity contribution in [2.75, 3.05) is 11.1 Å². The third-order valence-corrected chi connectivity index (χ3v) is 7.13. The molecule has 190 valence electrons. The number of nitrogens with one attached hydrogen (secondary N) is 1. The lowest BCUT2D eigenvalue weighted by atomic mass is 10.0. The maximum Gasteiger partial charge on any atom is 0.413 e. The van der Waals surface area contributed by atoms with Gasteiger partial charge < -0.3 is 14.9 Å². The second kappa shape index (κ2) is 9.37. The highest BCUT2D eigenvalue weighted by atomic mass is 127. The van der Waals surface area contributed by atoms with Crippen LogP contribution in [-0.4, -0.2) is 36.4 Å². The van der Waals surface area contributed by atoms with E-state index in [9.17, 15) is 9.59 Å². The second-order valence-corrected chi connectivity index (χ2v) is 11.3. The lowest BCUT2D eigenvalue weighted by molar-refractivity contribution is 0.0636. The van der Waals surface area contributed by atoms with E-state index >= 15 is 0 Å². The van der Waals surface area contributed by atoms with Gasteiger partial charge in [0.2, 0.25) is 0 Å². The Labute approximate surface area is 228 Å². The Morgan fingerprint density at radius 1 is 1.22 bits per heavy atom. The zero-order valence-electron chi connectivity index (χ0n) is 20.3. The molecule has 0 fully saturated rings. The van der Waals surface area contributed by atoms with Crippen LogP contribution in [0.4, 0.5) is 15.7 Å². The summed E-state index contributed by atoms with van der Waals surface area (Å²) >= 11 is 3.31. The molecule has 5 aromatic rings. The number of halogens is 1. The SMILES string of the molecule is CC(c1oc(=O)c2ccccc2c1-c1cnc(NC(=O)OC(C)(C)C)s1)n1nc(I)c2c(N)ncnc21. The number of nitrogens with zero attached hydrogens (tertiary/aromatic N) is 5. The number of nitrogen functional groups attached to an aromatic ring is 1. The highest BCUT2D eigenvalue weighted by molar-refractivity contribution is 14.1. The van der Waals surface area contributed by atoms with Gasteiger partial charge in [-0.05, 0) is 56.4 Å². The number of aromatic nitrogens is 5. The van der Waals surface area contributed by atoms with Gasteiger partial charge in [0.1, 0.15) is 33.2 Å². The fraction of sp³-hybridized carbons (Fsp3) is 0.250. The molecular formula is C24H22IN7O4S. The smallest absolute Gasteiger partial charge is 0.413 e. The highest BCUT2D eigenvalue weighted by Crippen LogP contribution is 2.40. The van der Waals surface area contributed by atoms with Crippen LogP contribution < -0.4 is 16.7 Å². The van der Waals surface area contributed by atoms with E-state index in [1.54, 1.807) is 43.8 Å². The molecule has 5 rings (SSSR count). The molecule has 1 unspecified atom stereocenters. The van der Waals surface area contributed by atoms with Crippen LogP contribution in [0.1, 0.15) is 39.5 Å². The summed E-state index contributed by atoms with van der Waals surface area (Å²) in [6.07, 6.45) is 2.38. The molecule has 0 radical (unpaired) electrons. The molecule has 0 bridgehead atoms. The summed E-state index contributed by atoms with van der Waals surface area (Å²) in [6, 6.07) is 6.64. The number of rotatable bonds is 4. The number of ether oxygens (including phenoxy) is 1. The Morgan fingerprint density at radius 2 is 1.95 bits per heavy atom. The van der Waals surface area contributed by atoms with E-state index in [1.807, 2.05) is 19.1 Å². The molecule has 0 spiro atoms. The fourth-order valence-electron chi connectivity index (χ4n) is 3.94. The number of hydrogen-bond donors (Lipinski definition) is 2. The molecule has 11 nitrogen and oxygen atoms in total. The quantitative estimate of drug-likeness (QED) is 0.255. The minimum Gasteiger partial charge on any atom is -0.444 e. The van der Waals surface area contributed by atoms with Crippen LogP contribution in [0.3, 0.4) is 0 Å². The normalized spacial score (nSPS) is 12.7. The molecule has 3 N–H and O–H groups in total. The van der Waals surface area contributed by atoms with Gasteiger partial charge in [0.05, 0.1) is 15.6 Å². The van der Waals surface area contributed by atoms with Crippen LogP contribution in [-0.2, 0) is 4.74 Å². The zero-order valence-corrected chi connectivity index (χ0v) is 23.2. The van der Waals surface area contributed by atoms with Crippen molar-refractivity contribution in [3.05, 3.63) is 56.7 Å². The number of fused-ring (bicyclic) bond motifs is 2. The van der Waals surface area contributed by atoms with Crippen LogP contribution in [0, 0.1) is 3.70 Å². The van der Waals surface area contributed by atoms with Gasteiger partial charge in [-0.3, -0.25) is 5.32 Å². The number of amides is 1. The van der Waals surface area contributed by atoms with Gasteiger partial charge in [-0.25, -0.2) is 29.2 Å². The molecule has 13 heteroatoms. The maximum atomic E-state index is 13.0. The van der Waals surface area contributed by atoms with Crippen LogP contribution >= 0.6 is 33.9 Å². The van der Waals surface area contributed by atoms with Crippen LogP contribution in [0.15, 0.2) is 46.0 Å². The van der Waals surface area contributed by atoms with E-state index < -0.39 is 23.4 Å². The van der Waals surface area contributed by atoms with Crippen molar-refractivity contribution in [3.8, 4) is 10.4 Å². The summed E-state index contributed by atoms with van der Waals surface area (Å²) < 4.78 is 13.5. The lowest BCUT2D eigenvalue weighted by Gasteiger charge is -2.19. The molecule has 0 saturated carbocycles. The standard InChI is InChI=1S/C24H22IN7O4S/c1-11(32-20-16(18(25)31-32)19(26)28-10-29-20)17-15(12-7-5-6-8-13(12)21(33)35-17)14-9-27-22(37-14)30-23(34)36-24(2,3)4/h5-11H,1-4H3,(H2,26,28,29)(H,27,30,34). The van der Waals surface area contributed by atoms with Crippen LogP contribution in [0.2, 0.25) is 0 Å². The van der Waals surface area contributed by atoms with E-state index in [2.05, 4.69) is 48.0 Å². The van der Waals surface area contributed by atoms with Crippen molar-refractivity contribution in [2.24, 2.45) is 0 Å². The van der Waals surface area contributed by atoms with Crippen LogP contribution in [0.5, 0.6) is 0 Å². The average Bonchev–Trinajstić information content (AvgIpc) is 3.42. The summed E-state index contributed by atoms with van der Waals surface area (Å²) in [5, 5.41) is 9.38. The van der Waals surface area contributed by atoms with Gasteiger partial charge in [-0.2, -0.15) is 5.10 Å². The molecule has 4 aromatic heterocycles. The fourth-order valence-corrected chi connectivity index (χ4v) is 5.55. The minimum atomic E-state index is -0.650. The summed E-state index contributed by atoms with van der Waals surface area (Å²) in [5.74, 6) is 0.683. The van der Waals surface area contributed by atoms with Gasteiger partial charge in [0, 0.05) is 17.1 Å². The Kier molecular flexibility index (Phi) is 6.35. The summed E-state index contributed by atoms with van der Waals surface area (Å²) in [6.45, 7) is 7.21. The third-order valence-electron chi connectivity index (χ3n) is 5.45. The lowest BCUT2D eigenvalue weighted by Crippen LogP contribution is -2.27. The third kappa shape index (κ3) is 4.75. The first-order valence-corrected chi connectivity index (χ1v) is 13.1. The largest absolute Gasteiger partial charge is 0.444 e. The topological polar surface area (TPSA) is 151 Å². The van der Waals surface area contributed by atoms with Gasteiger partial charge in [-0.1, -0.05) is 29.5 Å². The molecule has 0 aliphatic rings. The molecule has 0 aliphatic heterocycles. The molecule has 1 atom stereocenters. The Bertz CT molecular complexity index is 1720. The predicted molar refractivity (Wildman–Crippen MR) is 150 cm³/mol. The van der Waals surface area contributed by atoms with E-state index in [0.29, 0.717) is 52.7 Å². The van der Waals surface area contributed by atoms with Crippen molar-refractivity contribution in [3.63, 3.8) is 0 Å². The Morgan fingerprint density at radius 3 is 2.68 bits per heavy atom. The van der Waals surface area contributed by atoms with Gasteiger partial charge in [-0.15, -0.1) is 0 Å². The Balaban J connectivity index is 1.66. The van der Waals surface area contributed by atoms with E-state index in [0.717, 1.165) is 0 Å². The number of carbonyl (C=O) groups excluding carboxylic acids is 1.